The maximum Gasteiger partial charge on any atom is 0.328 e. The highest BCUT2D eigenvalue weighted by molar-refractivity contribution is 5.95. The van der Waals surface area contributed by atoms with Crippen LogP contribution in [0.3, 0.4) is 0 Å². The molecule has 0 aliphatic carbocycles. The number of amides is 2. The van der Waals surface area contributed by atoms with Crippen LogP contribution in [0, 0.1) is 0 Å². The lowest BCUT2D eigenvalue weighted by molar-refractivity contribution is -0.140. The molecule has 0 aliphatic heterocycles. The first-order chi connectivity index (χ1) is 8.95. The van der Waals surface area contributed by atoms with Gasteiger partial charge in [-0.05, 0) is 12.1 Å². The van der Waals surface area contributed by atoms with Gasteiger partial charge in [0.2, 0.25) is 0 Å². The minimum Gasteiger partial charge on any atom is -0.480 e. The van der Waals surface area contributed by atoms with Gasteiger partial charge in [-0.1, -0.05) is 12.1 Å². The molecule has 1 atom stereocenters. The second-order valence-corrected chi connectivity index (χ2v) is 4.08. The second kappa shape index (κ2) is 6.60. The predicted molar refractivity (Wildman–Crippen MR) is 71.4 cm³/mol. The Hall–Kier alpha value is -2.28. The molecule has 7 nitrogen and oxygen atoms in total. The van der Waals surface area contributed by atoms with Crippen LogP contribution >= 0.6 is 0 Å². The van der Waals surface area contributed by atoms with Crippen molar-refractivity contribution in [3.63, 3.8) is 0 Å². The Labute approximate surface area is 110 Å². The predicted octanol–water partition coefficient (Wildman–Crippen LogP) is 0.320. The molecule has 1 aromatic carbocycles. The molecule has 0 saturated heterocycles. The summed E-state index contributed by atoms with van der Waals surface area (Å²) in [5, 5.41) is 22.3. The number of aliphatic carboxylic acids is 1. The molecule has 19 heavy (non-hydrogen) atoms. The minimum absolute atomic E-state index is 0.548. The van der Waals surface area contributed by atoms with Crippen molar-refractivity contribution >= 4 is 23.4 Å². The normalized spacial score (nSPS) is 11.5. The largest absolute Gasteiger partial charge is 0.480 e. The SMILES string of the molecule is CN(C)c1ccccc1NC(=O)NC(CO)C(=O)O. The number of carbonyl (C=O) groups is 2. The van der Waals surface area contributed by atoms with Gasteiger partial charge in [-0.25, -0.2) is 9.59 Å². The number of nitrogens with one attached hydrogen (secondary N) is 2. The van der Waals surface area contributed by atoms with E-state index < -0.39 is 24.6 Å². The summed E-state index contributed by atoms with van der Waals surface area (Å²) >= 11 is 0. The van der Waals surface area contributed by atoms with Crippen molar-refractivity contribution < 1.29 is 19.8 Å². The summed E-state index contributed by atoms with van der Waals surface area (Å²) in [6, 6.07) is 5.08. The molecule has 4 N–H and O–H groups in total. The number of carboxylic acid groups (broad SMARTS) is 1. The molecule has 1 rings (SSSR count). The van der Waals surface area contributed by atoms with Gasteiger partial charge in [-0.2, -0.15) is 0 Å². The molecule has 7 heteroatoms. The number of aliphatic hydroxyl groups excluding tert-OH is 1. The number of carbonyl (C=O) groups excluding carboxylic acids is 1. The highest BCUT2D eigenvalue weighted by Crippen LogP contribution is 2.23. The quantitative estimate of drug-likeness (QED) is 0.615. The molecule has 1 aromatic rings. The number of urea groups is 1. The van der Waals surface area contributed by atoms with E-state index in [1.807, 2.05) is 31.1 Å². The first-order valence-corrected chi connectivity index (χ1v) is 5.63. The first kappa shape index (κ1) is 14.8. The van der Waals surface area contributed by atoms with Gasteiger partial charge in [0.05, 0.1) is 18.0 Å². The van der Waals surface area contributed by atoms with Gasteiger partial charge in [0, 0.05) is 14.1 Å². The first-order valence-electron chi connectivity index (χ1n) is 5.63. The summed E-state index contributed by atoms with van der Waals surface area (Å²) in [6.07, 6.45) is 0. The number of nitrogens with zero attached hydrogens (tertiary/aromatic N) is 1. The average molecular weight is 267 g/mol. The van der Waals surface area contributed by atoms with Crippen LogP contribution in [0.5, 0.6) is 0 Å². The van der Waals surface area contributed by atoms with Gasteiger partial charge in [-0.3, -0.25) is 0 Å². The molecule has 0 fully saturated rings. The summed E-state index contributed by atoms with van der Waals surface area (Å²) in [4.78, 5) is 24.1. The Morgan fingerprint density at radius 3 is 2.47 bits per heavy atom. The van der Waals surface area contributed by atoms with E-state index >= 15 is 0 Å². The van der Waals surface area contributed by atoms with Crippen LogP contribution in [0.4, 0.5) is 16.2 Å². The Kier molecular flexibility index (Phi) is 5.13. The molecule has 0 saturated carbocycles. The van der Waals surface area contributed by atoms with E-state index in [-0.39, 0.29) is 0 Å². The molecule has 104 valence electrons. The monoisotopic (exact) mass is 267 g/mol. The standard InChI is InChI=1S/C12H17N3O4/c1-15(2)10-6-4-3-5-8(10)13-12(19)14-9(7-16)11(17)18/h3-6,9,16H,7H2,1-2H3,(H,17,18)(H2,13,14,19). The van der Waals surface area contributed by atoms with Gasteiger partial charge in [-0.15, -0.1) is 0 Å². The molecular formula is C12H17N3O4. The Morgan fingerprint density at radius 1 is 1.32 bits per heavy atom. The smallest absolute Gasteiger partial charge is 0.328 e. The van der Waals surface area contributed by atoms with Crippen LogP contribution in [0.1, 0.15) is 0 Å². The van der Waals surface area contributed by atoms with E-state index in [0.717, 1.165) is 5.69 Å². The van der Waals surface area contributed by atoms with E-state index in [4.69, 9.17) is 10.2 Å². The maximum atomic E-state index is 11.6. The molecule has 0 bridgehead atoms. The molecule has 2 amide bonds. The van der Waals surface area contributed by atoms with Crippen molar-refractivity contribution in [2.24, 2.45) is 0 Å². The Morgan fingerprint density at radius 2 is 1.95 bits per heavy atom. The summed E-state index contributed by atoms with van der Waals surface area (Å²) in [5.41, 5.74) is 1.33. The number of hydrogen-bond acceptors (Lipinski definition) is 4. The number of aliphatic hydroxyl groups is 1. The zero-order chi connectivity index (χ0) is 14.4. The number of anilines is 2. The third kappa shape index (κ3) is 4.14. The Balaban J connectivity index is 2.74. The molecule has 0 spiro atoms. The summed E-state index contributed by atoms with van der Waals surface area (Å²) < 4.78 is 0. The highest BCUT2D eigenvalue weighted by atomic mass is 16.4. The summed E-state index contributed by atoms with van der Waals surface area (Å²) in [7, 11) is 3.65. The van der Waals surface area contributed by atoms with E-state index in [2.05, 4.69) is 10.6 Å². The lowest BCUT2D eigenvalue weighted by Crippen LogP contribution is -2.45. The summed E-state index contributed by atoms with van der Waals surface area (Å²) in [6.45, 7) is -0.669. The van der Waals surface area contributed by atoms with Crippen molar-refractivity contribution in [2.45, 2.75) is 6.04 Å². The third-order valence-corrected chi connectivity index (χ3v) is 2.42. The second-order valence-electron chi connectivity index (χ2n) is 4.08. The zero-order valence-electron chi connectivity index (χ0n) is 10.8. The average Bonchev–Trinajstić information content (AvgIpc) is 2.35. The fourth-order valence-corrected chi connectivity index (χ4v) is 1.47. The van der Waals surface area contributed by atoms with E-state index in [1.165, 1.54) is 0 Å². The van der Waals surface area contributed by atoms with Crippen LogP contribution in [-0.2, 0) is 4.79 Å². The van der Waals surface area contributed by atoms with E-state index in [0.29, 0.717) is 5.69 Å². The van der Waals surface area contributed by atoms with E-state index in [1.54, 1.807) is 12.1 Å². The van der Waals surface area contributed by atoms with Crippen LogP contribution in [0.25, 0.3) is 0 Å². The van der Waals surface area contributed by atoms with Crippen LogP contribution in [0.2, 0.25) is 0 Å². The zero-order valence-corrected chi connectivity index (χ0v) is 10.8. The van der Waals surface area contributed by atoms with Gasteiger partial charge in [0.25, 0.3) is 0 Å². The number of hydrogen-bond donors (Lipinski definition) is 4. The van der Waals surface area contributed by atoms with Gasteiger partial charge >= 0.3 is 12.0 Å². The van der Waals surface area contributed by atoms with Crippen molar-refractivity contribution in [3.05, 3.63) is 24.3 Å². The van der Waals surface area contributed by atoms with Crippen LogP contribution in [0.15, 0.2) is 24.3 Å². The molecular weight excluding hydrogens is 250 g/mol. The third-order valence-electron chi connectivity index (χ3n) is 2.42. The molecule has 0 radical (unpaired) electrons. The number of carboxylic acids is 1. The highest BCUT2D eigenvalue weighted by Gasteiger charge is 2.19. The van der Waals surface area contributed by atoms with Crippen LogP contribution in [-0.4, -0.2) is 49.0 Å². The van der Waals surface area contributed by atoms with Crippen molar-refractivity contribution in [3.8, 4) is 0 Å². The maximum absolute atomic E-state index is 11.6. The van der Waals surface area contributed by atoms with Gasteiger partial charge < -0.3 is 25.7 Å². The van der Waals surface area contributed by atoms with Crippen molar-refractivity contribution in [1.82, 2.24) is 5.32 Å². The molecule has 1 unspecified atom stereocenters. The fourth-order valence-electron chi connectivity index (χ4n) is 1.47. The van der Waals surface area contributed by atoms with E-state index in [9.17, 15) is 9.59 Å². The molecule has 0 heterocycles. The molecule has 0 aliphatic rings. The lowest BCUT2D eigenvalue weighted by atomic mass is 10.2. The Bertz CT molecular complexity index is 462. The molecule has 0 aromatic heterocycles. The number of benzene rings is 1. The van der Waals surface area contributed by atoms with Gasteiger partial charge in [0.15, 0.2) is 6.04 Å². The van der Waals surface area contributed by atoms with Crippen molar-refractivity contribution in [1.29, 1.82) is 0 Å². The van der Waals surface area contributed by atoms with Gasteiger partial charge in [0.1, 0.15) is 0 Å². The number of rotatable bonds is 5. The minimum atomic E-state index is -1.33. The fraction of sp³-hybridized carbons (Fsp3) is 0.333. The van der Waals surface area contributed by atoms with Crippen LogP contribution < -0.4 is 15.5 Å². The lowest BCUT2D eigenvalue weighted by Gasteiger charge is -2.19. The topological polar surface area (TPSA) is 102 Å². The summed E-state index contributed by atoms with van der Waals surface area (Å²) in [5.74, 6) is -1.29. The van der Waals surface area contributed by atoms with Crippen molar-refractivity contribution in [2.75, 3.05) is 30.9 Å². The number of para-hydroxylation sites is 2.